The fraction of sp³-hybridized carbons (Fsp3) is 0.167. The number of aromatic nitrogens is 2. The van der Waals surface area contributed by atoms with E-state index >= 15 is 0 Å². The van der Waals surface area contributed by atoms with Crippen LogP contribution in [0.4, 0.5) is 11.5 Å². The third-order valence-corrected chi connectivity index (χ3v) is 3.07. The third kappa shape index (κ3) is 3.72. The van der Waals surface area contributed by atoms with Gasteiger partial charge in [-0.1, -0.05) is 6.07 Å². The number of nitro groups is 1. The van der Waals surface area contributed by atoms with Gasteiger partial charge in [-0.05, 0) is 34.0 Å². The van der Waals surface area contributed by atoms with Crippen LogP contribution in [0.25, 0.3) is 0 Å². The van der Waals surface area contributed by atoms with Crippen LogP contribution in [0.5, 0.6) is 0 Å². The van der Waals surface area contributed by atoms with Crippen molar-refractivity contribution in [2.24, 2.45) is 0 Å². The number of anilines is 1. The summed E-state index contributed by atoms with van der Waals surface area (Å²) in [5.74, 6) is 0.592. The highest BCUT2D eigenvalue weighted by Gasteiger charge is 2.09. The van der Waals surface area contributed by atoms with Gasteiger partial charge in [-0.25, -0.2) is 4.98 Å². The first-order chi connectivity index (χ1) is 9.16. The molecule has 0 unspecified atom stereocenters. The zero-order valence-corrected chi connectivity index (χ0v) is 11.5. The Bertz CT molecular complexity index is 577. The Kier molecular flexibility index (Phi) is 4.40. The van der Waals surface area contributed by atoms with Crippen molar-refractivity contribution < 1.29 is 4.92 Å². The smallest absolute Gasteiger partial charge is 0.288 e. The molecule has 2 aromatic heterocycles. The van der Waals surface area contributed by atoms with E-state index in [9.17, 15) is 10.1 Å². The van der Waals surface area contributed by atoms with E-state index < -0.39 is 4.92 Å². The van der Waals surface area contributed by atoms with Crippen LogP contribution in [0.15, 0.2) is 41.3 Å². The highest BCUT2D eigenvalue weighted by atomic mass is 79.9. The first-order valence-corrected chi connectivity index (χ1v) is 6.39. The van der Waals surface area contributed by atoms with Gasteiger partial charge in [-0.15, -0.1) is 0 Å². The summed E-state index contributed by atoms with van der Waals surface area (Å²) in [5.41, 5.74) is 1.08. The summed E-state index contributed by atoms with van der Waals surface area (Å²) < 4.78 is 0.577. The number of nitrogens with zero attached hydrogens (tertiary/aromatic N) is 3. The molecule has 0 aliphatic heterocycles. The molecule has 0 bridgehead atoms. The molecule has 7 heteroatoms. The molecule has 0 aliphatic carbocycles. The molecule has 0 spiro atoms. The van der Waals surface area contributed by atoms with Crippen LogP contribution in [0, 0.1) is 10.1 Å². The molecule has 98 valence electrons. The Morgan fingerprint density at radius 2 is 2.26 bits per heavy atom. The second-order valence-electron chi connectivity index (χ2n) is 3.82. The molecule has 0 aromatic carbocycles. The molecule has 0 radical (unpaired) electrons. The minimum Gasteiger partial charge on any atom is -0.369 e. The topological polar surface area (TPSA) is 81.0 Å². The van der Waals surface area contributed by atoms with Gasteiger partial charge in [-0.3, -0.25) is 15.1 Å². The number of hydrogen-bond acceptors (Lipinski definition) is 5. The first-order valence-electron chi connectivity index (χ1n) is 5.59. The Balaban J connectivity index is 1.95. The van der Waals surface area contributed by atoms with E-state index in [4.69, 9.17) is 0 Å². The number of nitrogens with one attached hydrogen (secondary N) is 1. The summed E-state index contributed by atoms with van der Waals surface area (Å²) in [4.78, 5) is 18.2. The average Bonchev–Trinajstić information content (AvgIpc) is 2.41. The SMILES string of the molecule is O=[N+]([O-])c1cnc(NCCc2cccnc2)c(Br)c1. The van der Waals surface area contributed by atoms with Gasteiger partial charge >= 0.3 is 0 Å². The van der Waals surface area contributed by atoms with Gasteiger partial charge in [0.2, 0.25) is 0 Å². The van der Waals surface area contributed by atoms with Crippen molar-refractivity contribution in [1.29, 1.82) is 0 Å². The maximum atomic E-state index is 10.6. The summed E-state index contributed by atoms with van der Waals surface area (Å²) >= 11 is 3.26. The lowest BCUT2D eigenvalue weighted by Crippen LogP contribution is -2.07. The van der Waals surface area contributed by atoms with Gasteiger partial charge in [0, 0.05) is 25.0 Å². The monoisotopic (exact) mass is 322 g/mol. The third-order valence-electron chi connectivity index (χ3n) is 2.47. The lowest BCUT2D eigenvalue weighted by Gasteiger charge is -2.07. The van der Waals surface area contributed by atoms with Crippen molar-refractivity contribution in [3.05, 3.63) is 56.9 Å². The van der Waals surface area contributed by atoms with Gasteiger partial charge in [0.1, 0.15) is 12.0 Å². The van der Waals surface area contributed by atoms with E-state index in [0.717, 1.165) is 12.0 Å². The van der Waals surface area contributed by atoms with Crippen molar-refractivity contribution in [1.82, 2.24) is 9.97 Å². The molecular formula is C12H11BrN4O2. The van der Waals surface area contributed by atoms with Crippen LogP contribution in [-0.2, 0) is 6.42 Å². The van der Waals surface area contributed by atoms with Crippen molar-refractivity contribution in [2.45, 2.75) is 6.42 Å². The fourth-order valence-electron chi connectivity index (χ4n) is 1.53. The van der Waals surface area contributed by atoms with Crippen LogP contribution in [0.2, 0.25) is 0 Å². The molecule has 1 N–H and O–H groups in total. The van der Waals surface area contributed by atoms with Gasteiger partial charge in [-0.2, -0.15) is 0 Å². The van der Waals surface area contributed by atoms with Crippen molar-refractivity contribution >= 4 is 27.4 Å². The number of rotatable bonds is 5. The van der Waals surface area contributed by atoms with Crippen molar-refractivity contribution in [3.63, 3.8) is 0 Å². The van der Waals surface area contributed by atoms with E-state index in [2.05, 4.69) is 31.2 Å². The fourth-order valence-corrected chi connectivity index (χ4v) is 2.01. The molecule has 0 aliphatic rings. The largest absolute Gasteiger partial charge is 0.369 e. The Labute approximate surface area is 118 Å². The van der Waals surface area contributed by atoms with E-state index in [-0.39, 0.29) is 5.69 Å². The normalized spacial score (nSPS) is 10.2. The summed E-state index contributed by atoms with van der Waals surface area (Å²) in [6.45, 7) is 0.676. The molecule has 2 heterocycles. The van der Waals surface area contributed by atoms with E-state index in [0.29, 0.717) is 16.8 Å². The second kappa shape index (κ2) is 6.24. The molecule has 6 nitrogen and oxygen atoms in total. The first kappa shape index (κ1) is 13.4. The van der Waals surface area contributed by atoms with Gasteiger partial charge < -0.3 is 5.32 Å². The minimum absolute atomic E-state index is 0.0373. The Morgan fingerprint density at radius 3 is 2.89 bits per heavy atom. The lowest BCUT2D eigenvalue weighted by atomic mass is 10.2. The Hall–Kier alpha value is -2.02. The van der Waals surface area contributed by atoms with Crippen molar-refractivity contribution in [3.8, 4) is 0 Å². The van der Waals surface area contributed by atoms with E-state index in [1.54, 1.807) is 12.4 Å². The van der Waals surface area contributed by atoms with Gasteiger partial charge in [0.05, 0.1) is 9.40 Å². The molecule has 0 atom stereocenters. The summed E-state index contributed by atoms with van der Waals surface area (Å²) in [7, 11) is 0. The standard InChI is InChI=1S/C12H11BrN4O2/c13-11-6-10(17(18)19)8-16-12(11)15-5-3-9-2-1-4-14-7-9/h1-2,4,6-8H,3,5H2,(H,15,16). The quantitative estimate of drug-likeness (QED) is 0.676. The zero-order valence-electron chi connectivity index (χ0n) is 9.91. The number of hydrogen-bond donors (Lipinski definition) is 1. The highest BCUT2D eigenvalue weighted by molar-refractivity contribution is 9.10. The summed E-state index contributed by atoms with van der Waals surface area (Å²) in [6.07, 6.45) is 5.57. The summed E-state index contributed by atoms with van der Waals surface area (Å²) in [6, 6.07) is 5.31. The maximum Gasteiger partial charge on any atom is 0.288 e. The van der Waals surface area contributed by atoms with Crippen LogP contribution in [-0.4, -0.2) is 21.4 Å². The molecule has 0 saturated heterocycles. The predicted molar refractivity (Wildman–Crippen MR) is 75.0 cm³/mol. The van der Waals surface area contributed by atoms with Crippen LogP contribution in [0.3, 0.4) is 0 Å². The summed E-state index contributed by atoms with van der Waals surface area (Å²) in [5, 5.41) is 13.7. The Morgan fingerprint density at radius 1 is 1.42 bits per heavy atom. The van der Waals surface area contributed by atoms with E-state index in [1.165, 1.54) is 12.3 Å². The molecule has 2 aromatic rings. The molecule has 19 heavy (non-hydrogen) atoms. The maximum absolute atomic E-state index is 10.6. The minimum atomic E-state index is -0.475. The number of pyridine rings is 2. The van der Waals surface area contributed by atoms with Gasteiger partial charge in [0.25, 0.3) is 5.69 Å². The molecule has 0 saturated carbocycles. The van der Waals surface area contributed by atoms with Crippen LogP contribution >= 0.6 is 15.9 Å². The highest BCUT2D eigenvalue weighted by Crippen LogP contribution is 2.24. The predicted octanol–water partition coefficient (Wildman–Crippen LogP) is 2.80. The zero-order chi connectivity index (χ0) is 13.7. The molecule has 0 amide bonds. The molecular weight excluding hydrogens is 312 g/mol. The second-order valence-corrected chi connectivity index (χ2v) is 4.67. The molecule has 0 fully saturated rings. The molecule has 2 rings (SSSR count). The van der Waals surface area contributed by atoms with Crippen LogP contribution < -0.4 is 5.32 Å². The lowest BCUT2D eigenvalue weighted by molar-refractivity contribution is -0.385. The van der Waals surface area contributed by atoms with Crippen molar-refractivity contribution in [2.75, 3.05) is 11.9 Å². The van der Waals surface area contributed by atoms with E-state index in [1.807, 2.05) is 12.1 Å². The average molecular weight is 323 g/mol. The van der Waals surface area contributed by atoms with Crippen LogP contribution in [0.1, 0.15) is 5.56 Å². The van der Waals surface area contributed by atoms with Gasteiger partial charge in [0.15, 0.2) is 0 Å². The number of halogens is 1.